The number of hydrogen-bond acceptors (Lipinski definition) is 3. The number of carbonyl (C=O) groups is 1. The Kier molecular flexibility index (Phi) is 3.58. The number of rotatable bonds is 3. The van der Waals surface area contributed by atoms with E-state index in [1.165, 1.54) is 19.2 Å². The number of methoxy groups -OCH3 is 1. The van der Waals surface area contributed by atoms with E-state index in [2.05, 4.69) is 0 Å². The molecule has 0 N–H and O–H groups in total. The third-order valence-corrected chi connectivity index (χ3v) is 2.72. The Bertz CT molecular complexity index is 674. The molecule has 0 heterocycles. The van der Waals surface area contributed by atoms with Gasteiger partial charge in [0.1, 0.15) is 11.6 Å². The summed E-state index contributed by atoms with van der Waals surface area (Å²) >= 11 is 0. The number of carbonyl (C=O) groups excluding carboxylic acids is 1. The van der Waals surface area contributed by atoms with Gasteiger partial charge < -0.3 is 4.74 Å². The van der Waals surface area contributed by atoms with Crippen LogP contribution in [0.1, 0.15) is 15.9 Å². The SMILES string of the molecule is COc1ccc(-c2cc(F)cc(C#N)c2)c(C=O)c1. The maximum atomic E-state index is 13.4. The Morgan fingerprint density at radius 3 is 2.68 bits per heavy atom. The number of benzene rings is 2. The number of hydrogen-bond donors (Lipinski definition) is 0. The van der Waals surface area contributed by atoms with Crippen molar-refractivity contribution in [1.82, 2.24) is 0 Å². The van der Waals surface area contributed by atoms with E-state index >= 15 is 0 Å². The van der Waals surface area contributed by atoms with E-state index in [1.54, 1.807) is 18.2 Å². The van der Waals surface area contributed by atoms with Crippen LogP contribution in [-0.4, -0.2) is 13.4 Å². The Labute approximate surface area is 109 Å². The van der Waals surface area contributed by atoms with E-state index in [0.29, 0.717) is 28.7 Å². The van der Waals surface area contributed by atoms with Gasteiger partial charge in [0.15, 0.2) is 6.29 Å². The van der Waals surface area contributed by atoms with Crippen LogP contribution in [0.3, 0.4) is 0 Å². The van der Waals surface area contributed by atoms with Crippen molar-refractivity contribution < 1.29 is 13.9 Å². The van der Waals surface area contributed by atoms with Gasteiger partial charge in [-0.1, -0.05) is 0 Å². The summed E-state index contributed by atoms with van der Waals surface area (Å²) in [7, 11) is 1.50. The van der Waals surface area contributed by atoms with Gasteiger partial charge in [0.05, 0.1) is 18.7 Å². The van der Waals surface area contributed by atoms with E-state index in [0.717, 1.165) is 6.07 Å². The highest BCUT2D eigenvalue weighted by Gasteiger charge is 2.09. The lowest BCUT2D eigenvalue weighted by molar-refractivity contribution is 0.112. The lowest BCUT2D eigenvalue weighted by atomic mass is 9.98. The minimum absolute atomic E-state index is 0.211. The summed E-state index contributed by atoms with van der Waals surface area (Å²) < 4.78 is 18.4. The predicted molar refractivity (Wildman–Crippen MR) is 68.5 cm³/mol. The summed E-state index contributed by atoms with van der Waals surface area (Å²) in [5.41, 5.74) is 1.64. The zero-order valence-electron chi connectivity index (χ0n) is 10.2. The van der Waals surface area contributed by atoms with Gasteiger partial charge >= 0.3 is 0 Å². The van der Waals surface area contributed by atoms with Crippen molar-refractivity contribution in [3.63, 3.8) is 0 Å². The van der Waals surface area contributed by atoms with Crippen LogP contribution in [0.15, 0.2) is 36.4 Å². The molecule has 2 aromatic carbocycles. The van der Waals surface area contributed by atoms with Gasteiger partial charge in [-0.3, -0.25) is 4.79 Å². The number of nitrogens with zero attached hydrogens (tertiary/aromatic N) is 1. The smallest absolute Gasteiger partial charge is 0.150 e. The monoisotopic (exact) mass is 255 g/mol. The first-order valence-corrected chi connectivity index (χ1v) is 5.52. The molecule has 0 aliphatic rings. The van der Waals surface area contributed by atoms with Gasteiger partial charge in [-0.25, -0.2) is 4.39 Å². The van der Waals surface area contributed by atoms with E-state index in [-0.39, 0.29) is 5.56 Å². The van der Waals surface area contributed by atoms with Gasteiger partial charge in [-0.05, 0) is 47.5 Å². The fourth-order valence-electron chi connectivity index (χ4n) is 1.84. The number of halogens is 1. The highest BCUT2D eigenvalue weighted by molar-refractivity contribution is 5.88. The Morgan fingerprint density at radius 2 is 2.05 bits per heavy atom. The van der Waals surface area contributed by atoms with E-state index in [1.807, 2.05) is 6.07 Å². The summed E-state index contributed by atoms with van der Waals surface area (Å²) in [6.07, 6.45) is 0.675. The molecule has 19 heavy (non-hydrogen) atoms. The Balaban J connectivity index is 2.61. The summed E-state index contributed by atoms with van der Waals surface area (Å²) in [5.74, 6) is 0.0319. The van der Waals surface area contributed by atoms with E-state index in [4.69, 9.17) is 10.00 Å². The maximum absolute atomic E-state index is 13.4. The second-order valence-electron chi connectivity index (χ2n) is 3.91. The minimum atomic E-state index is -0.512. The molecule has 0 aliphatic carbocycles. The predicted octanol–water partition coefficient (Wildman–Crippen LogP) is 3.19. The van der Waals surface area contributed by atoms with Crippen LogP contribution in [0.4, 0.5) is 4.39 Å². The molecule has 0 atom stereocenters. The van der Waals surface area contributed by atoms with Gasteiger partial charge in [-0.15, -0.1) is 0 Å². The zero-order valence-corrected chi connectivity index (χ0v) is 10.2. The summed E-state index contributed by atoms with van der Waals surface area (Å²) in [6.45, 7) is 0. The fourth-order valence-corrected chi connectivity index (χ4v) is 1.84. The quantitative estimate of drug-likeness (QED) is 0.791. The third-order valence-electron chi connectivity index (χ3n) is 2.72. The highest BCUT2D eigenvalue weighted by Crippen LogP contribution is 2.27. The van der Waals surface area contributed by atoms with Gasteiger partial charge in [0.25, 0.3) is 0 Å². The van der Waals surface area contributed by atoms with Gasteiger partial charge in [-0.2, -0.15) is 5.26 Å². The van der Waals surface area contributed by atoms with Crippen molar-refractivity contribution in [2.24, 2.45) is 0 Å². The van der Waals surface area contributed by atoms with Crippen molar-refractivity contribution in [2.75, 3.05) is 7.11 Å². The molecular weight excluding hydrogens is 245 g/mol. The molecule has 2 aromatic rings. The van der Waals surface area contributed by atoms with Crippen molar-refractivity contribution in [2.45, 2.75) is 0 Å². The number of nitriles is 1. The molecule has 0 saturated heterocycles. The molecule has 0 amide bonds. The largest absolute Gasteiger partial charge is 0.497 e. The molecule has 0 fully saturated rings. The van der Waals surface area contributed by atoms with Crippen LogP contribution in [0.2, 0.25) is 0 Å². The number of aldehydes is 1. The van der Waals surface area contributed by atoms with Crippen molar-refractivity contribution in [1.29, 1.82) is 5.26 Å². The molecule has 0 aromatic heterocycles. The van der Waals surface area contributed by atoms with Crippen LogP contribution < -0.4 is 4.74 Å². The molecule has 3 nitrogen and oxygen atoms in total. The topological polar surface area (TPSA) is 50.1 Å². The molecule has 0 spiro atoms. The second-order valence-corrected chi connectivity index (χ2v) is 3.91. The van der Waals surface area contributed by atoms with Crippen LogP contribution in [0.25, 0.3) is 11.1 Å². The molecule has 4 heteroatoms. The molecule has 0 radical (unpaired) electrons. The van der Waals surface area contributed by atoms with Crippen LogP contribution >= 0.6 is 0 Å². The van der Waals surface area contributed by atoms with Crippen molar-refractivity contribution in [3.05, 3.63) is 53.3 Å². The molecule has 94 valence electrons. The Morgan fingerprint density at radius 1 is 1.26 bits per heavy atom. The lowest BCUT2D eigenvalue weighted by Crippen LogP contribution is -1.92. The summed E-state index contributed by atoms with van der Waals surface area (Å²) in [4.78, 5) is 11.1. The van der Waals surface area contributed by atoms with Crippen molar-refractivity contribution in [3.8, 4) is 22.9 Å². The van der Waals surface area contributed by atoms with Crippen LogP contribution in [0.5, 0.6) is 5.75 Å². The zero-order chi connectivity index (χ0) is 13.8. The summed E-state index contributed by atoms with van der Waals surface area (Å²) in [5, 5.41) is 8.84. The first-order valence-electron chi connectivity index (χ1n) is 5.52. The maximum Gasteiger partial charge on any atom is 0.150 e. The average molecular weight is 255 g/mol. The number of ether oxygens (including phenoxy) is 1. The summed E-state index contributed by atoms with van der Waals surface area (Å²) in [6, 6.07) is 10.8. The Hall–Kier alpha value is -2.67. The second kappa shape index (κ2) is 5.32. The first-order chi connectivity index (χ1) is 9.17. The molecule has 0 aliphatic heterocycles. The molecular formula is C15H10FNO2. The standard InChI is InChI=1S/C15H10FNO2/c1-19-14-2-3-15(12(7-14)9-18)11-4-10(8-17)5-13(16)6-11/h2-7,9H,1H3. The van der Waals surface area contributed by atoms with Crippen LogP contribution in [-0.2, 0) is 0 Å². The highest BCUT2D eigenvalue weighted by atomic mass is 19.1. The molecule has 0 bridgehead atoms. The molecule has 0 unspecified atom stereocenters. The lowest BCUT2D eigenvalue weighted by Gasteiger charge is -2.08. The van der Waals surface area contributed by atoms with E-state index < -0.39 is 5.82 Å². The fraction of sp³-hybridized carbons (Fsp3) is 0.0667. The molecule has 2 rings (SSSR count). The van der Waals surface area contributed by atoms with Crippen LogP contribution in [0, 0.1) is 17.1 Å². The minimum Gasteiger partial charge on any atom is -0.497 e. The normalized spacial score (nSPS) is 9.74. The van der Waals surface area contributed by atoms with Gasteiger partial charge in [0, 0.05) is 5.56 Å². The van der Waals surface area contributed by atoms with Gasteiger partial charge in [0.2, 0.25) is 0 Å². The van der Waals surface area contributed by atoms with Crippen molar-refractivity contribution >= 4 is 6.29 Å². The molecule has 0 saturated carbocycles. The third kappa shape index (κ3) is 2.61. The average Bonchev–Trinajstić information content (AvgIpc) is 2.45. The first kappa shape index (κ1) is 12.8. The van der Waals surface area contributed by atoms with E-state index in [9.17, 15) is 9.18 Å².